The fourth-order valence-electron chi connectivity index (χ4n) is 4.31. The molecule has 1 fully saturated rings. The molecule has 1 N–H and O–H groups in total. The number of rotatable bonds is 17. The highest BCUT2D eigenvalue weighted by molar-refractivity contribution is 7.91. The van der Waals surface area contributed by atoms with Gasteiger partial charge >= 0.3 is 29.2 Å². The maximum atomic E-state index is 12.1. The smallest absolute Gasteiger partial charge is 0.390 e. The summed E-state index contributed by atoms with van der Waals surface area (Å²) in [6, 6.07) is 0. The third-order valence-electron chi connectivity index (χ3n) is 6.59. The quantitative estimate of drug-likeness (QED) is 0.0500. The normalized spacial score (nSPS) is 17.6. The Hall–Kier alpha value is -1.34. The summed E-state index contributed by atoms with van der Waals surface area (Å²) >= 11 is 0. The summed E-state index contributed by atoms with van der Waals surface area (Å²) in [5.41, 5.74) is 3.88. The molecular weight excluding hydrogens is 499 g/mol. The number of allylic oxidation sites excluding steroid dienone is 6. The highest BCUT2D eigenvalue weighted by Gasteiger charge is 2.53. The number of unbranched alkanes of at least 4 members (excludes halogenated alkanes) is 1. The summed E-state index contributed by atoms with van der Waals surface area (Å²) in [5, 5.41) is 0. The molecular formula is C27H46O7PS+. The van der Waals surface area contributed by atoms with Gasteiger partial charge in [-0.25, -0.2) is 0 Å². The van der Waals surface area contributed by atoms with Crippen LogP contribution in [0.25, 0.3) is 0 Å². The molecule has 0 aromatic rings. The highest BCUT2D eigenvalue weighted by Crippen LogP contribution is 2.36. The lowest BCUT2D eigenvalue weighted by Gasteiger charge is -2.21. The Kier molecular flexibility index (Phi) is 15.6. The van der Waals surface area contributed by atoms with Crippen molar-refractivity contribution in [2.75, 3.05) is 6.79 Å². The monoisotopic (exact) mass is 545 g/mol. The average Bonchev–Trinajstić information content (AvgIpc) is 2.80. The molecule has 7 nitrogen and oxygen atoms in total. The van der Waals surface area contributed by atoms with Crippen molar-refractivity contribution < 1.29 is 31.8 Å². The second kappa shape index (κ2) is 17.2. The van der Waals surface area contributed by atoms with Crippen LogP contribution in [0.2, 0.25) is 0 Å². The first-order chi connectivity index (χ1) is 17.0. The molecule has 0 aliphatic heterocycles. The van der Waals surface area contributed by atoms with Crippen LogP contribution in [-0.4, -0.2) is 30.4 Å². The molecule has 1 rings (SSSR count). The van der Waals surface area contributed by atoms with Crippen molar-refractivity contribution in [3.8, 4) is 0 Å². The fourth-order valence-corrected chi connectivity index (χ4v) is 5.72. The Morgan fingerprint density at radius 3 is 2.11 bits per heavy atom. The summed E-state index contributed by atoms with van der Waals surface area (Å²) in [4.78, 5) is 12.1. The van der Waals surface area contributed by atoms with Gasteiger partial charge in [-0.05, 0) is 85.0 Å². The van der Waals surface area contributed by atoms with E-state index in [4.69, 9.17) is 9.47 Å². The minimum atomic E-state index is -4.79. The van der Waals surface area contributed by atoms with Crippen molar-refractivity contribution in [3.05, 3.63) is 34.9 Å². The maximum Gasteiger partial charge on any atom is 0.390 e. The zero-order valence-electron chi connectivity index (χ0n) is 22.5. The number of esters is 1. The van der Waals surface area contributed by atoms with E-state index in [1.807, 2.05) is 13.0 Å². The first kappa shape index (κ1) is 32.7. The van der Waals surface area contributed by atoms with E-state index < -0.39 is 36.0 Å². The van der Waals surface area contributed by atoms with Crippen LogP contribution in [-0.2, 0) is 29.0 Å². The molecule has 9 heteroatoms. The SMILES string of the molecule is CC(C)=CCCC(C)=CCCC(C)=CCCCC(OCOC(=O)CC1CCCCC1)([PH+]=O)S(=O)(=O)O. The number of carbonyl (C=O) groups is 1. The van der Waals surface area contributed by atoms with E-state index in [0.29, 0.717) is 12.8 Å². The van der Waals surface area contributed by atoms with Gasteiger partial charge in [0.2, 0.25) is 0 Å². The van der Waals surface area contributed by atoms with Crippen LogP contribution in [0.4, 0.5) is 0 Å². The molecule has 2 atom stereocenters. The van der Waals surface area contributed by atoms with Gasteiger partial charge in [0.25, 0.3) is 0 Å². The Bertz CT molecular complexity index is 882. The maximum absolute atomic E-state index is 12.1. The zero-order valence-corrected chi connectivity index (χ0v) is 24.3. The molecule has 0 aromatic heterocycles. The number of ether oxygens (including phenoxy) is 2. The highest BCUT2D eigenvalue weighted by atomic mass is 32.2. The van der Waals surface area contributed by atoms with E-state index in [9.17, 15) is 22.3 Å². The predicted octanol–water partition coefficient (Wildman–Crippen LogP) is 7.63. The Morgan fingerprint density at radius 2 is 1.56 bits per heavy atom. The molecule has 0 aromatic carbocycles. The largest absolute Gasteiger partial charge is 0.438 e. The fraction of sp³-hybridized carbons (Fsp3) is 0.741. The number of hydrogen-bond acceptors (Lipinski definition) is 6. The van der Waals surface area contributed by atoms with E-state index in [1.54, 1.807) is 0 Å². The van der Waals surface area contributed by atoms with Gasteiger partial charge in [-0.15, -0.1) is 0 Å². The van der Waals surface area contributed by atoms with Gasteiger partial charge in [0.15, 0.2) is 6.79 Å². The summed E-state index contributed by atoms with van der Waals surface area (Å²) in [6.07, 6.45) is 16.8. The molecule has 0 amide bonds. The lowest BCUT2D eigenvalue weighted by molar-refractivity contribution is -0.161. The van der Waals surface area contributed by atoms with Crippen LogP contribution in [0.1, 0.15) is 111 Å². The van der Waals surface area contributed by atoms with E-state index in [1.165, 1.54) is 23.1 Å². The van der Waals surface area contributed by atoms with Crippen molar-refractivity contribution in [1.82, 2.24) is 0 Å². The first-order valence-corrected chi connectivity index (χ1v) is 15.4. The van der Waals surface area contributed by atoms with Crippen LogP contribution in [0.5, 0.6) is 0 Å². The Labute approximate surface area is 219 Å². The Balaban J connectivity index is 2.49. The van der Waals surface area contributed by atoms with Gasteiger partial charge in [0.05, 0.1) is 0 Å². The number of carbonyl (C=O) groups excluding carboxylic acids is 1. The van der Waals surface area contributed by atoms with Crippen molar-refractivity contribution in [1.29, 1.82) is 0 Å². The summed E-state index contributed by atoms with van der Waals surface area (Å²) in [5.74, 6) is -0.198. The van der Waals surface area contributed by atoms with Gasteiger partial charge < -0.3 is 4.74 Å². The molecule has 0 radical (unpaired) electrons. The van der Waals surface area contributed by atoms with Gasteiger partial charge in [-0.3, -0.25) is 14.1 Å². The van der Waals surface area contributed by atoms with Crippen LogP contribution in [0.15, 0.2) is 34.9 Å². The van der Waals surface area contributed by atoms with Crippen molar-refractivity contribution in [2.24, 2.45) is 5.92 Å². The van der Waals surface area contributed by atoms with E-state index >= 15 is 0 Å². The Morgan fingerprint density at radius 1 is 0.972 bits per heavy atom. The standard InChI is InChI=1S/C27H45O7PS/c1-22(2)12-10-14-24(4)16-11-15-23(3)13-8-9-19-27(35-29,36(30,31)32)34-21-33-26(28)20-25-17-6-5-7-18-25/h12-13,16,25H,5-11,14-15,17-21H2,1-4H3,(H,30,31,32)/p+1. The zero-order chi connectivity index (χ0) is 27.0. The lowest BCUT2D eigenvalue weighted by atomic mass is 9.87. The molecule has 2 unspecified atom stereocenters. The van der Waals surface area contributed by atoms with E-state index in [2.05, 4.69) is 32.9 Å². The third-order valence-corrected chi connectivity index (χ3v) is 9.47. The molecule has 206 valence electrons. The average molecular weight is 546 g/mol. The van der Waals surface area contributed by atoms with Gasteiger partial charge in [0.1, 0.15) is 0 Å². The second-order valence-corrected chi connectivity index (χ2v) is 13.2. The van der Waals surface area contributed by atoms with Gasteiger partial charge in [0, 0.05) is 12.8 Å². The molecule has 1 aliphatic rings. The second-order valence-electron chi connectivity index (χ2n) is 10.2. The molecule has 1 saturated carbocycles. The van der Waals surface area contributed by atoms with Gasteiger partial charge in [-0.2, -0.15) is 8.42 Å². The minimum Gasteiger partial charge on any atom is -0.438 e. The van der Waals surface area contributed by atoms with E-state index in [0.717, 1.165) is 51.4 Å². The molecule has 0 saturated heterocycles. The lowest BCUT2D eigenvalue weighted by Crippen LogP contribution is -2.36. The molecule has 0 heterocycles. The number of hydrogen-bond donors (Lipinski definition) is 1. The first-order valence-electron chi connectivity index (χ1n) is 13.1. The molecule has 0 spiro atoms. The van der Waals surface area contributed by atoms with E-state index in [-0.39, 0.29) is 18.8 Å². The van der Waals surface area contributed by atoms with Gasteiger partial charge in [-0.1, -0.05) is 58.8 Å². The van der Waals surface area contributed by atoms with Crippen molar-refractivity contribution >= 4 is 24.5 Å². The molecule has 36 heavy (non-hydrogen) atoms. The molecule has 0 bridgehead atoms. The van der Waals surface area contributed by atoms with Crippen LogP contribution >= 0.6 is 8.46 Å². The van der Waals surface area contributed by atoms with Crippen LogP contribution in [0.3, 0.4) is 0 Å². The molecule has 1 aliphatic carbocycles. The summed E-state index contributed by atoms with van der Waals surface area (Å²) in [6.45, 7) is 7.72. The third kappa shape index (κ3) is 13.3. The van der Waals surface area contributed by atoms with Crippen molar-refractivity contribution in [3.63, 3.8) is 0 Å². The predicted molar refractivity (Wildman–Crippen MR) is 146 cm³/mol. The van der Waals surface area contributed by atoms with Crippen LogP contribution < -0.4 is 0 Å². The topological polar surface area (TPSA) is 107 Å². The minimum absolute atomic E-state index is 0.166. The van der Waals surface area contributed by atoms with Crippen LogP contribution in [0, 0.1) is 5.92 Å². The van der Waals surface area contributed by atoms with Crippen molar-refractivity contribution in [2.45, 2.75) is 116 Å². The summed E-state index contributed by atoms with van der Waals surface area (Å²) < 4.78 is 53.5. The summed E-state index contributed by atoms with van der Waals surface area (Å²) in [7, 11) is -6.24.